The number of aryl methyl sites for hydroxylation is 2. The molecule has 2 aromatic carbocycles. The molecule has 0 radical (unpaired) electrons. The molecule has 6 rings (SSSR count). The minimum atomic E-state index is 0.0196. The fraction of sp³-hybridized carbons (Fsp3) is 0.618. The Morgan fingerprint density at radius 1 is 1.05 bits per heavy atom. The van der Waals surface area contributed by atoms with Gasteiger partial charge in [-0.15, -0.1) is 0 Å². The minimum absolute atomic E-state index is 0.0196. The Morgan fingerprint density at radius 3 is 2.38 bits per heavy atom. The molecule has 0 amide bonds. The highest BCUT2D eigenvalue weighted by Crippen LogP contribution is 2.52. The van der Waals surface area contributed by atoms with E-state index in [2.05, 4.69) is 26.0 Å². The number of aromatic hydroxyl groups is 1. The number of benzene rings is 2. The lowest BCUT2D eigenvalue weighted by Crippen LogP contribution is -2.33. The summed E-state index contributed by atoms with van der Waals surface area (Å²) in [6.45, 7) is 12.4. The van der Waals surface area contributed by atoms with Crippen LogP contribution >= 0.6 is 0 Å². The third kappa shape index (κ3) is 6.49. The molecule has 2 saturated carbocycles. The lowest BCUT2D eigenvalue weighted by Gasteiger charge is -2.36. The molecule has 220 valence electrons. The zero-order valence-electron chi connectivity index (χ0n) is 25.3. The number of carbonyl (C=O) groups excluding carboxylic acids is 1. The van der Waals surface area contributed by atoms with E-state index in [1.807, 2.05) is 39.8 Å². The fourth-order valence-corrected chi connectivity index (χ4v) is 6.85. The fourth-order valence-electron chi connectivity index (χ4n) is 6.85. The summed E-state index contributed by atoms with van der Waals surface area (Å²) in [7, 11) is 0. The topological polar surface area (TPSA) is 91.0 Å². The van der Waals surface area contributed by atoms with Gasteiger partial charge in [0.2, 0.25) is 6.79 Å². The van der Waals surface area contributed by atoms with E-state index in [1.54, 1.807) is 0 Å². The first-order valence-corrected chi connectivity index (χ1v) is 15.4. The molecular weight excluding hydrogens is 502 g/mol. The van der Waals surface area contributed by atoms with Crippen molar-refractivity contribution in [2.24, 2.45) is 17.6 Å². The van der Waals surface area contributed by atoms with Gasteiger partial charge in [0.05, 0.1) is 12.2 Å². The van der Waals surface area contributed by atoms with Gasteiger partial charge in [0.15, 0.2) is 11.5 Å². The van der Waals surface area contributed by atoms with Crippen LogP contribution < -0.4 is 15.2 Å². The highest BCUT2D eigenvalue weighted by Gasteiger charge is 2.46. The van der Waals surface area contributed by atoms with Crippen LogP contribution in [0.15, 0.2) is 24.3 Å². The van der Waals surface area contributed by atoms with E-state index >= 15 is 0 Å². The number of hydrogen-bond donors (Lipinski definition) is 2. The van der Waals surface area contributed by atoms with Crippen LogP contribution in [0.25, 0.3) is 0 Å². The molecule has 4 aliphatic rings. The van der Waals surface area contributed by atoms with E-state index in [9.17, 15) is 9.90 Å². The smallest absolute Gasteiger partial charge is 0.231 e. The molecule has 6 unspecified atom stereocenters. The molecule has 3 N–H and O–H groups in total. The molecule has 40 heavy (non-hydrogen) atoms. The summed E-state index contributed by atoms with van der Waals surface area (Å²) in [5.41, 5.74) is 11.1. The summed E-state index contributed by atoms with van der Waals surface area (Å²) in [5, 5.41) is 10.2. The molecule has 0 spiro atoms. The predicted octanol–water partition coefficient (Wildman–Crippen LogP) is 7.12. The lowest BCUT2D eigenvalue weighted by molar-refractivity contribution is -0.121. The second-order valence-electron chi connectivity index (χ2n) is 11.8. The summed E-state index contributed by atoms with van der Waals surface area (Å²) in [6, 6.07) is 8.63. The highest BCUT2D eigenvalue weighted by atomic mass is 16.7. The third-order valence-electron chi connectivity index (χ3n) is 8.99. The van der Waals surface area contributed by atoms with Gasteiger partial charge < -0.3 is 25.1 Å². The summed E-state index contributed by atoms with van der Waals surface area (Å²) in [5.74, 6) is 2.71. The number of hydrogen-bond acceptors (Lipinski definition) is 6. The number of rotatable bonds is 4. The van der Waals surface area contributed by atoms with Gasteiger partial charge in [-0.3, -0.25) is 4.79 Å². The van der Waals surface area contributed by atoms with Crippen molar-refractivity contribution < 1.29 is 24.1 Å². The van der Waals surface area contributed by atoms with E-state index in [-0.39, 0.29) is 18.6 Å². The maximum atomic E-state index is 12.8. The molecule has 0 bridgehead atoms. The van der Waals surface area contributed by atoms with Crippen LogP contribution in [0.5, 0.6) is 17.2 Å². The standard InChI is InChI=1S/C22H22O4.C10H21NO.C2H6/c1-11-5-15(6-12(2)22(11)24)20-16-9-19-18(25-10-26-19)8-14(16)7-13-3-4-17(23)21(13)20;1-3-8(2)12-10-6-4-5-9(11)7-10;1-2/h5-6,8-9,13,20-21,24H,3-4,7,10H2,1-2H3;8-10H,3-7,11H2,1-2H3;1-2H3. The number of Topliss-reactive ketones (excluding diaryl/α,β-unsaturated/α-hetero) is 1. The summed E-state index contributed by atoms with van der Waals surface area (Å²) in [6.07, 6.45) is 9.18. The zero-order chi connectivity index (χ0) is 29.0. The van der Waals surface area contributed by atoms with Crippen LogP contribution in [0, 0.1) is 25.7 Å². The molecule has 6 nitrogen and oxygen atoms in total. The van der Waals surface area contributed by atoms with Crippen LogP contribution in [-0.2, 0) is 16.0 Å². The normalized spacial score (nSPS) is 27.0. The molecule has 1 heterocycles. The van der Waals surface area contributed by atoms with Crippen molar-refractivity contribution >= 4 is 5.78 Å². The molecule has 0 aromatic heterocycles. The Kier molecular flexibility index (Phi) is 10.2. The monoisotopic (exact) mass is 551 g/mol. The van der Waals surface area contributed by atoms with Gasteiger partial charge in [-0.25, -0.2) is 0 Å². The van der Waals surface area contributed by atoms with Gasteiger partial charge in [-0.1, -0.05) is 32.9 Å². The van der Waals surface area contributed by atoms with Crippen LogP contribution in [-0.4, -0.2) is 35.9 Å². The molecule has 2 aromatic rings. The first-order valence-electron chi connectivity index (χ1n) is 15.4. The van der Waals surface area contributed by atoms with Crippen molar-refractivity contribution in [3.8, 4) is 17.2 Å². The Balaban J connectivity index is 0.000000223. The highest BCUT2D eigenvalue weighted by molar-refractivity contribution is 5.86. The Bertz CT molecular complexity index is 1150. The molecule has 6 atom stereocenters. The number of carbonyl (C=O) groups is 1. The van der Waals surface area contributed by atoms with Crippen molar-refractivity contribution in [2.45, 2.75) is 117 Å². The summed E-state index contributed by atoms with van der Waals surface area (Å²) >= 11 is 0. The van der Waals surface area contributed by atoms with Gasteiger partial charge in [0.25, 0.3) is 0 Å². The minimum Gasteiger partial charge on any atom is -0.507 e. The molecule has 0 saturated heterocycles. The van der Waals surface area contributed by atoms with Crippen LogP contribution in [0.3, 0.4) is 0 Å². The molecule has 6 heteroatoms. The first kappa shape index (κ1) is 30.4. The number of phenols is 1. The third-order valence-corrected chi connectivity index (χ3v) is 8.99. The first-order chi connectivity index (χ1) is 19.2. The van der Waals surface area contributed by atoms with Crippen LogP contribution in [0.2, 0.25) is 0 Å². The Morgan fingerprint density at radius 2 is 1.73 bits per heavy atom. The van der Waals surface area contributed by atoms with Crippen molar-refractivity contribution in [2.75, 3.05) is 6.79 Å². The summed E-state index contributed by atoms with van der Waals surface area (Å²) in [4.78, 5) is 12.8. The van der Waals surface area contributed by atoms with Crippen molar-refractivity contribution in [1.82, 2.24) is 0 Å². The van der Waals surface area contributed by atoms with E-state index < -0.39 is 0 Å². The number of fused-ring (bicyclic) bond motifs is 3. The van der Waals surface area contributed by atoms with Crippen LogP contribution in [0.1, 0.15) is 106 Å². The molecule has 2 fully saturated rings. The largest absolute Gasteiger partial charge is 0.507 e. The second kappa shape index (κ2) is 13.4. The van der Waals surface area contributed by atoms with Gasteiger partial charge in [-0.05, 0) is 112 Å². The van der Waals surface area contributed by atoms with E-state index in [1.165, 1.54) is 30.4 Å². The Hall–Kier alpha value is -2.57. The Labute approximate surface area is 240 Å². The average molecular weight is 552 g/mol. The van der Waals surface area contributed by atoms with Crippen molar-refractivity contribution in [3.05, 3.63) is 52.1 Å². The number of ketones is 1. The maximum Gasteiger partial charge on any atom is 0.231 e. The van der Waals surface area contributed by atoms with Gasteiger partial charge in [0, 0.05) is 24.3 Å². The van der Waals surface area contributed by atoms with Crippen LogP contribution in [0.4, 0.5) is 0 Å². The van der Waals surface area contributed by atoms with Gasteiger partial charge in [0.1, 0.15) is 11.5 Å². The van der Waals surface area contributed by atoms with Crippen molar-refractivity contribution in [1.29, 1.82) is 0 Å². The predicted molar refractivity (Wildman–Crippen MR) is 159 cm³/mol. The number of nitrogens with two attached hydrogens (primary N) is 1. The van der Waals surface area contributed by atoms with Gasteiger partial charge >= 0.3 is 0 Å². The summed E-state index contributed by atoms with van der Waals surface area (Å²) < 4.78 is 17.0. The molecule has 3 aliphatic carbocycles. The second-order valence-corrected chi connectivity index (χ2v) is 11.8. The number of phenolic OH excluding ortho intramolecular Hbond substituents is 1. The maximum absolute atomic E-state index is 12.8. The average Bonchev–Trinajstić information content (AvgIpc) is 3.56. The van der Waals surface area contributed by atoms with E-state index in [4.69, 9.17) is 19.9 Å². The van der Waals surface area contributed by atoms with Gasteiger partial charge in [-0.2, -0.15) is 0 Å². The number of ether oxygens (including phenoxy) is 3. The molecular formula is C34H49NO5. The molecule has 1 aliphatic heterocycles. The van der Waals surface area contributed by atoms with Crippen molar-refractivity contribution in [3.63, 3.8) is 0 Å². The quantitative estimate of drug-likeness (QED) is 0.420. The zero-order valence-corrected chi connectivity index (χ0v) is 25.3. The van der Waals surface area contributed by atoms with E-state index in [0.29, 0.717) is 42.1 Å². The van der Waals surface area contributed by atoms with E-state index in [0.717, 1.165) is 53.9 Å². The lowest BCUT2D eigenvalue weighted by atomic mass is 9.67. The SMILES string of the molecule is CC.CCC(C)OC1CCCC(N)C1.Cc1cc(C2c3cc4c(cc3CC3CCC(=O)C32)OCO4)cc(C)c1O.